The van der Waals surface area contributed by atoms with Gasteiger partial charge in [-0.3, -0.25) is 9.47 Å². The molecule has 4 aliphatic rings. The minimum absolute atomic E-state index is 0.0446. The number of nitrogens with zero attached hydrogens (tertiary/aromatic N) is 5. The molecule has 7 rings (SSSR count). The van der Waals surface area contributed by atoms with E-state index in [2.05, 4.69) is 19.7 Å². The maximum atomic E-state index is 14.7. The molecule has 0 unspecified atom stereocenters. The van der Waals surface area contributed by atoms with E-state index in [1.807, 2.05) is 23.1 Å². The first kappa shape index (κ1) is 23.3. The molecule has 0 radical (unpaired) electrons. The Hall–Kier alpha value is -2.78. The summed E-state index contributed by atoms with van der Waals surface area (Å²) in [4.78, 5) is 4.05. The Morgan fingerprint density at radius 2 is 1.81 bits per heavy atom. The van der Waals surface area contributed by atoms with Gasteiger partial charge in [0.1, 0.15) is 17.3 Å². The van der Waals surface area contributed by atoms with Crippen molar-refractivity contribution in [2.45, 2.75) is 50.4 Å². The molecule has 2 aromatic carbocycles. The summed E-state index contributed by atoms with van der Waals surface area (Å²) >= 11 is 6.34. The number of aromatic nitrogens is 3. The van der Waals surface area contributed by atoms with Gasteiger partial charge in [-0.1, -0.05) is 11.6 Å². The normalized spacial score (nSPS) is 21.6. The number of methoxy groups -OCH3 is 1. The van der Waals surface area contributed by atoms with E-state index in [-0.39, 0.29) is 17.1 Å². The molecule has 10 heteroatoms. The van der Waals surface area contributed by atoms with Crippen LogP contribution in [0.25, 0.3) is 5.69 Å². The number of halogens is 4. The maximum absolute atomic E-state index is 14.7. The molecular weight excluding hydrogens is 503 g/mol. The van der Waals surface area contributed by atoms with Crippen molar-refractivity contribution in [3.05, 3.63) is 64.2 Å². The largest absolute Gasteiger partial charge is 0.494 e. The number of hydrogen-bond acceptors (Lipinski definition) is 5. The number of benzene rings is 2. The molecule has 194 valence electrons. The van der Waals surface area contributed by atoms with Gasteiger partial charge >= 0.3 is 0 Å². The van der Waals surface area contributed by atoms with Crippen LogP contribution in [0.4, 0.5) is 18.9 Å². The van der Waals surface area contributed by atoms with Crippen LogP contribution < -0.4 is 9.64 Å². The van der Waals surface area contributed by atoms with Crippen molar-refractivity contribution in [2.75, 3.05) is 31.6 Å². The fraction of sp³-hybridized carbons (Fsp3) is 0.481. The molecule has 37 heavy (non-hydrogen) atoms. The van der Waals surface area contributed by atoms with Gasteiger partial charge in [0.05, 0.1) is 25.0 Å². The molecule has 2 aliphatic heterocycles. The average Bonchev–Trinajstić information content (AvgIpc) is 3.43. The zero-order valence-corrected chi connectivity index (χ0v) is 21.2. The molecule has 0 bridgehead atoms. The predicted octanol–water partition coefficient (Wildman–Crippen LogP) is 5.41. The third-order valence-corrected chi connectivity index (χ3v) is 8.67. The van der Waals surface area contributed by atoms with E-state index >= 15 is 0 Å². The highest BCUT2D eigenvalue weighted by Crippen LogP contribution is 2.57. The number of rotatable bonds is 5. The summed E-state index contributed by atoms with van der Waals surface area (Å²) in [5.41, 5.74) is 1.40. The summed E-state index contributed by atoms with van der Waals surface area (Å²) in [6, 6.07) is 8.15. The third kappa shape index (κ3) is 3.89. The lowest BCUT2D eigenvalue weighted by molar-refractivity contribution is 0.0582. The minimum atomic E-state index is -1.10. The Morgan fingerprint density at radius 1 is 1.03 bits per heavy atom. The molecule has 0 atom stereocenters. The molecule has 1 spiro atoms. The maximum Gasteiger partial charge on any atom is 0.168 e. The molecule has 3 heterocycles. The minimum Gasteiger partial charge on any atom is -0.494 e. The molecular formula is C27H27ClF3N5O. The Morgan fingerprint density at radius 3 is 2.54 bits per heavy atom. The summed E-state index contributed by atoms with van der Waals surface area (Å²) in [6.45, 7) is 2.93. The summed E-state index contributed by atoms with van der Waals surface area (Å²) < 4.78 is 50.1. The van der Waals surface area contributed by atoms with E-state index in [4.69, 9.17) is 16.3 Å². The van der Waals surface area contributed by atoms with Crippen molar-refractivity contribution < 1.29 is 17.9 Å². The lowest BCUT2D eigenvalue weighted by atomic mass is 9.57. The van der Waals surface area contributed by atoms with Crippen LogP contribution in [0.3, 0.4) is 0 Å². The summed E-state index contributed by atoms with van der Waals surface area (Å²) in [5.74, 6) is 0.727. The first-order valence-electron chi connectivity index (χ1n) is 12.7. The lowest BCUT2D eigenvalue weighted by Gasteiger charge is -2.59. The molecule has 0 N–H and O–H groups in total. The zero-order valence-electron chi connectivity index (χ0n) is 20.5. The van der Waals surface area contributed by atoms with Crippen LogP contribution in [0.1, 0.15) is 48.8 Å². The van der Waals surface area contributed by atoms with Crippen molar-refractivity contribution in [1.29, 1.82) is 0 Å². The molecule has 0 amide bonds. The van der Waals surface area contributed by atoms with Crippen molar-refractivity contribution in [3.8, 4) is 11.4 Å². The highest BCUT2D eigenvalue weighted by molar-refractivity contribution is 6.30. The Bertz CT molecular complexity index is 1390. The van der Waals surface area contributed by atoms with Crippen molar-refractivity contribution in [3.63, 3.8) is 0 Å². The lowest BCUT2D eigenvalue weighted by Crippen LogP contribution is -2.62. The van der Waals surface area contributed by atoms with Gasteiger partial charge in [0.25, 0.3) is 0 Å². The SMILES string of the molecule is COc1cc(N2CC3(CC(c4nnc5n4-c4ccc(Cl)cc4CN(CC4(F)CC4)C5)C3)C2)c(F)cc1F. The van der Waals surface area contributed by atoms with E-state index in [0.29, 0.717) is 56.3 Å². The van der Waals surface area contributed by atoms with E-state index in [1.54, 1.807) is 0 Å². The highest BCUT2D eigenvalue weighted by atomic mass is 35.5. The van der Waals surface area contributed by atoms with E-state index in [1.165, 1.54) is 13.2 Å². The number of anilines is 1. The Balaban J connectivity index is 1.12. The van der Waals surface area contributed by atoms with Crippen LogP contribution in [-0.4, -0.2) is 52.1 Å². The second-order valence-electron chi connectivity index (χ2n) is 11.3. The van der Waals surface area contributed by atoms with Gasteiger partial charge in [-0.25, -0.2) is 13.2 Å². The van der Waals surface area contributed by atoms with Gasteiger partial charge < -0.3 is 9.64 Å². The second-order valence-corrected chi connectivity index (χ2v) is 11.7. The highest BCUT2D eigenvalue weighted by Gasteiger charge is 2.54. The van der Waals surface area contributed by atoms with Gasteiger partial charge in [-0.15, -0.1) is 10.2 Å². The van der Waals surface area contributed by atoms with Crippen LogP contribution in [0, 0.1) is 17.0 Å². The monoisotopic (exact) mass is 529 g/mol. The molecule has 3 aromatic rings. The summed E-state index contributed by atoms with van der Waals surface area (Å²) in [7, 11) is 1.38. The Kier molecular flexibility index (Phi) is 5.12. The number of fused-ring (bicyclic) bond motifs is 3. The van der Waals surface area contributed by atoms with Gasteiger partial charge in [0.2, 0.25) is 0 Å². The molecule has 3 fully saturated rings. The second kappa shape index (κ2) is 8.11. The van der Waals surface area contributed by atoms with Crippen LogP contribution in [0.5, 0.6) is 5.75 Å². The van der Waals surface area contributed by atoms with Gasteiger partial charge in [-0.2, -0.15) is 0 Å². The first-order chi connectivity index (χ1) is 17.7. The van der Waals surface area contributed by atoms with Crippen LogP contribution >= 0.6 is 11.6 Å². The fourth-order valence-corrected chi connectivity index (χ4v) is 6.63. The summed E-state index contributed by atoms with van der Waals surface area (Å²) in [6.07, 6.45) is 3.06. The number of hydrogen-bond donors (Lipinski definition) is 0. The summed E-state index contributed by atoms with van der Waals surface area (Å²) in [5, 5.41) is 9.80. The topological polar surface area (TPSA) is 46.4 Å². The zero-order chi connectivity index (χ0) is 25.5. The quantitative estimate of drug-likeness (QED) is 0.442. The van der Waals surface area contributed by atoms with Gasteiger partial charge in [-0.05, 0) is 49.4 Å². The van der Waals surface area contributed by atoms with Crippen LogP contribution in [-0.2, 0) is 13.1 Å². The average molecular weight is 530 g/mol. The first-order valence-corrected chi connectivity index (χ1v) is 13.0. The van der Waals surface area contributed by atoms with Crippen molar-refractivity contribution >= 4 is 17.3 Å². The molecule has 2 aliphatic carbocycles. The van der Waals surface area contributed by atoms with Crippen LogP contribution in [0.2, 0.25) is 5.02 Å². The number of alkyl halides is 1. The molecule has 1 aromatic heterocycles. The molecule has 2 saturated carbocycles. The standard InChI is InChI=1S/C27H27ClF3N5O/c1-37-23-8-22(19(29)7-20(23)30)35-13-26(14-35)9-17(10-26)25-33-32-24-12-34(15-27(31)4-5-27)11-16-6-18(28)2-3-21(16)36(24)25/h2-3,6-8,17H,4-5,9-15H2,1H3. The van der Waals surface area contributed by atoms with Crippen molar-refractivity contribution in [1.82, 2.24) is 19.7 Å². The third-order valence-electron chi connectivity index (χ3n) is 8.43. The Labute approximate surface area is 218 Å². The van der Waals surface area contributed by atoms with E-state index < -0.39 is 17.3 Å². The van der Waals surface area contributed by atoms with Crippen molar-refractivity contribution in [2.24, 2.45) is 5.41 Å². The van der Waals surface area contributed by atoms with E-state index in [0.717, 1.165) is 41.8 Å². The predicted molar refractivity (Wildman–Crippen MR) is 133 cm³/mol. The smallest absolute Gasteiger partial charge is 0.168 e. The number of ether oxygens (including phenoxy) is 1. The molecule has 6 nitrogen and oxygen atoms in total. The van der Waals surface area contributed by atoms with Crippen LogP contribution in [0.15, 0.2) is 30.3 Å². The fourth-order valence-electron chi connectivity index (χ4n) is 6.44. The van der Waals surface area contributed by atoms with Gasteiger partial charge in [0.15, 0.2) is 17.4 Å². The van der Waals surface area contributed by atoms with Gasteiger partial charge in [0, 0.05) is 54.7 Å². The molecule has 1 saturated heterocycles. The van der Waals surface area contributed by atoms with E-state index in [9.17, 15) is 13.2 Å².